The lowest BCUT2D eigenvalue weighted by Crippen LogP contribution is -2.38. The molecule has 0 aliphatic heterocycles. The third-order valence-electron chi connectivity index (χ3n) is 2.15. The van der Waals surface area contributed by atoms with Crippen molar-refractivity contribution < 1.29 is 23.4 Å². The van der Waals surface area contributed by atoms with Gasteiger partial charge in [-0.05, 0) is 34.1 Å². The van der Waals surface area contributed by atoms with Crippen molar-refractivity contribution in [3.8, 4) is 5.75 Å². The minimum atomic E-state index is -3.32. The second-order valence-electron chi connectivity index (χ2n) is 3.55. The van der Waals surface area contributed by atoms with Crippen LogP contribution in [0, 0.1) is 0 Å². The van der Waals surface area contributed by atoms with Crippen LogP contribution in [-0.2, 0) is 0 Å². The second-order valence-corrected chi connectivity index (χ2v) is 4.40. The third-order valence-corrected chi connectivity index (χ3v) is 2.77. The van der Waals surface area contributed by atoms with Gasteiger partial charge < -0.3 is 15.2 Å². The Kier molecular flexibility index (Phi) is 5.03. The summed E-state index contributed by atoms with van der Waals surface area (Å²) in [4.78, 5) is 11.6. The number of hydrogen-bond donors (Lipinski definition) is 2. The molecule has 0 aromatic heterocycles. The Balaban J connectivity index is 2.71. The lowest BCUT2D eigenvalue weighted by Gasteiger charge is -2.14. The van der Waals surface area contributed by atoms with E-state index >= 15 is 0 Å². The van der Waals surface area contributed by atoms with Crippen molar-refractivity contribution in [2.45, 2.75) is 5.92 Å². The van der Waals surface area contributed by atoms with E-state index in [0.29, 0.717) is 10.2 Å². The quantitative estimate of drug-likeness (QED) is 0.869. The van der Waals surface area contributed by atoms with Crippen molar-refractivity contribution in [1.29, 1.82) is 0 Å². The number of halogens is 3. The number of aliphatic hydroxyl groups excluding tert-OH is 1. The molecular weight excluding hydrogens is 312 g/mol. The summed E-state index contributed by atoms with van der Waals surface area (Å²) < 4.78 is 31.0. The zero-order valence-electron chi connectivity index (χ0n) is 9.54. The zero-order chi connectivity index (χ0) is 13.8. The molecule has 7 heteroatoms. The van der Waals surface area contributed by atoms with E-state index in [9.17, 15) is 13.6 Å². The molecule has 0 bridgehead atoms. The van der Waals surface area contributed by atoms with Gasteiger partial charge in [0.05, 0.1) is 18.1 Å². The van der Waals surface area contributed by atoms with Crippen LogP contribution in [0.3, 0.4) is 0 Å². The maximum Gasteiger partial charge on any atom is 0.287 e. The van der Waals surface area contributed by atoms with Gasteiger partial charge in [0.2, 0.25) is 0 Å². The van der Waals surface area contributed by atoms with Gasteiger partial charge in [0.1, 0.15) is 12.4 Å². The first-order valence-corrected chi connectivity index (χ1v) is 5.79. The van der Waals surface area contributed by atoms with Crippen molar-refractivity contribution >= 4 is 21.8 Å². The molecule has 0 atom stereocenters. The molecule has 0 spiro atoms. The maximum absolute atomic E-state index is 12.7. The Morgan fingerprint density at radius 1 is 1.56 bits per heavy atom. The molecule has 0 aliphatic carbocycles. The Morgan fingerprint density at radius 2 is 2.22 bits per heavy atom. The Labute approximate surface area is 111 Å². The smallest absolute Gasteiger partial charge is 0.287 e. The van der Waals surface area contributed by atoms with Crippen LogP contribution < -0.4 is 10.1 Å². The largest absolute Gasteiger partial charge is 0.496 e. The summed E-state index contributed by atoms with van der Waals surface area (Å²) >= 11 is 3.19. The van der Waals surface area contributed by atoms with E-state index in [1.807, 2.05) is 5.32 Å². The molecule has 4 nitrogen and oxygen atoms in total. The summed E-state index contributed by atoms with van der Waals surface area (Å²) in [6.45, 7) is -2.22. The van der Waals surface area contributed by atoms with Gasteiger partial charge in [0, 0.05) is 5.56 Å². The van der Waals surface area contributed by atoms with Crippen LogP contribution in [0.15, 0.2) is 22.7 Å². The minimum Gasteiger partial charge on any atom is -0.496 e. The Hall–Kier alpha value is -1.21. The molecule has 100 valence electrons. The molecule has 0 radical (unpaired) electrons. The van der Waals surface area contributed by atoms with E-state index in [-0.39, 0.29) is 5.56 Å². The van der Waals surface area contributed by atoms with E-state index < -0.39 is 25.0 Å². The van der Waals surface area contributed by atoms with E-state index in [1.165, 1.54) is 19.2 Å². The molecule has 0 unspecified atom stereocenters. The Morgan fingerprint density at radius 3 is 2.72 bits per heavy atom. The van der Waals surface area contributed by atoms with Gasteiger partial charge in [0.15, 0.2) is 0 Å². The van der Waals surface area contributed by atoms with E-state index in [0.717, 1.165) is 0 Å². The normalized spacial score (nSPS) is 11.2. The van der Waals surface area contributed by atoms with Crippen molar-refractivity contribution in [2.75, 3.05) is 20.3 Å². The third kappa shape index (κ3) is 3.92. The van der Waals surface area contributed by atoms with E-state index in [1.54, 1.807) is 6.07 Å². The number of benzene rings is 1. The van der Waals surface area contributed by atoms with Crippen LogP contribution in [0.4, 0.5) is 8.78 Å². The first kappa shape index (κ1) is 14.8. The topological polar surface area (TPSA) is 58.6 Å². The molecule has 1 amide bonds. The predicted molar refractivity (Wildman–Crippen MR) is 65.1 cm³/mol. The van der Waals surface area contributed by atoms with Gasteiger partial charge in [-0.3, -0.25) is 4.79 Å². The van der Waals surface area contributed by atoms with Crippen LogP contribution >= 0.6 is 15.9 Å². The molecule has 0 saturated heterocycles. The Bertz CT molecular complexity index is 440. The highest BCUT2D eigenvalue weighted by atomic mass is 79.9. The average molecular weight is 324 g/mol. The number of carbonyl (C=O) groups excluding carboxylic acids is 1. The number of alkyl halides is 2. The first-order valence-electron chi connectivity index (χ1n) is 5.00. The van der Waals surface area contributed by atoms with Crippen molar-refractivity contribution in [2.24, 2.45) is 0 Å². The number of carbonyl (C=O) groups is 1. The monoisotopic (exact) mass is 323 g/mol. The average Bonchev–Trinajstić information content (AvgIpc) is 2.36. The summed E-state index contributed by atoms with van der Waals surface area (Å²) in [5, 5.41) is 10.4. The summed E-state index contributed by atoms with van der Waals surface area (Å²) in [6, 6.07) is 4.46. The van der Waals surface area contributed by atoms with Crippen molar-refractivity contribution in [3.63, 3.8) is 0 Å². The van der Waals surface area contributed by atoms with Gasteiger partial charge >= 0.3 is 0 Å². The number of methoxy groups -OCH3 is 1. The number of ether oxygens (including phenoxy) is 1. The predicted octanol–water partition coefficient (Wildman–Crippen LogP) is 1.82. The summed E-state index contributed by atoms with van der Waals surface area (Å²) in [7, 11) is 1.47. The number of hydrogen-bond acceptors (Lipinski definition) is 3. The van der Waals surface area contributed by atoms with Crippen molar-refractivity contribution in [3.05, 3.63) is 28.2 Å². The minimum absolute atomic E-state index is 0.219. The van der Waals surface area contributed by atoms with Gasteiger partial charge in [-0.1, -0.05) is 0 Å². The summed E-state index contributed by atoms with van der Waals surface area (Å²) in [5.41, 5.74) is 0.219. The lowest BCUT2D eigenvalue weighted by molar-refractivity contribution is -0.0462. The SMILES string of the molecule is COc1ccc(C(=O)NCC(F)(F)CO)cc1Br. The highest BCUT2D eigenvalue weighted by Crippen LogP contribution is 2.25. The van der Waals surface area contributed by atoms with E-state index in [4.69, 9.17) is 9.84 Å². The zero-order valence-corrected chi connectivity index (χ0v) is 11.1. The number of aliphatic hydroxyl groups is 1. The van der Waals surface area contributed by atoms with Crippen molar-refractivity contribution in [1.82, 2.24) is 5.32 Å². The maximum atomic E-state index is 12.7. The number of amides is 1. The molecule has 0 fully saturated rings. The molecule has 0 aliphatic rings. The van der Waals surface area contributed by atoms with Crippen LogP contribution in [0.2, 0.25) is 0 Å². The number of rotatable bonds is 5. The molecule has 1 aromatic rings. The number of nitrogens with one attached hydrogen (secondary N) is 1. The molecule has 1 aromatic carbocycles. The fourth-order valence-electron chi connectivity index (χ4n) is 1.18. The lowest BCUT2D eigenvalue weighted by atomic mass is 10.2. The van der Waals surface area contributed by atoms with Gasteiger partial charge in [-0.25, -0.2) is 8.78 Å². The first-order chi connectivity index (χ1) is 8.39. The van der Waals surface area contributed by atoms with Gasteiger partial charge in [0.25, 0.3) is 11.8 Å². The van der Waals surface area contributed by atoms with Gasteiger partial charge in [-0.2, -0.15) is 0 Å². The standard InChI is InChI=1S/C11H12BrF2NO3/c1-18-9-3-2-7(4-8(9)12)10(17)15-5-11(13,14)6-16/h2-4,16H,5-6H2,1H3,(H,15,17). The molecule has 2 N–H and O–H groups in total. The van der Waals surface area contributed by atoms with Gasteiger partial charge in [-0.15, -0.1) is 0 Å². The van der Waals surface area contributed by atoms with Crippen LogP contribution in [0.25, 0.3) is 0 Å². The molecular formula is C11H12BrF2NO3. The fraction of sp³-hybridized carbons (Fsp3) is 0.364. The molecule has 0 saturated carbocycles. The fourth-order valence-corrected chi connectivity index (χ4v) is 1.72. The summed E-state index contributed by atoms with van der Waals surface area (Å²) in [5.74, 6) is -3.43. The highest BCUT2D eigenvalue weighted by molar-refractivity contribution is 9.10. The van der Waals surface area contributed by atoms with E-state index in [2.05, 4.69) is 15.9 Å². The molecule has 1 rings (SSSR count). The molecule has 18 heavy (non-hydrogen) atoms. The van der Waals surface area contributed by atoms with Crippen LogP contribution in [0.1, 0.15) is 10.4 Å². The molecule has 0 heterocycles. The van der Waals surface area contributed by atoms with Crippen LogP contribution in [0.5, 0.6) is 5.75 Å². The highest BCUT2D eigenvalue weighted by Gasteiger charge is 2.28. The second kappa shape index (κ2) is 6.10. The van der Waals surface area contributed by atoms with Crippen LogP contribution in [-0.4, -0.2) is 37.2 Å². The summed E-state index contributed by atoms with van der Waals surface area (Å²) in [6.07, 6.45) is 0.